The first-order valence-corrected chi connectivity index (χ1v) is 7.21. The zero-order valence-corrected chi connectivity index (χ0v) is 11.8. The molecule has 0 unspecified atom stereocenters. The summed E-state index contributed by atoms with van der Waals surface area (Å²) in [6, 6.07) is 9.85. The Morgan fingerprint density at radius 3 is 2.15 bits per heavy atom. The Morgan fingerprint density at radius 2 is 1.50 bits per heavy atom. The number of unbranched alkanes of at least 4 members (excludes halogenated alkanes) is 4. The summed E-state index contributed by atoms with van der Waals surface area (Å²) in [5.41, 5.74) is 1.11. The minimum atomic E-state index is -0.731. The van der Waals surface area contributed by atoms with E-state index in [1.165, 1.54) is 0 Å². The van der Waals surface area contributed by atoms with Crippen LogP contribution in [0.5, 0.6) is 0 Å². The quantitative estimate of drug-likeness (QED) is 0.646. The van der Waals surface area contributed by atoms with Crippen LogP contribution < -0.4 is 5.32 Å². The van der Waals surface area contributed by atoms with E-state index in [4.69, 9.17) is 5.11 Å². The van der Waals surface area contributed by atoms with Gasteiger partial charge in [-0.3, -0.25) is 9.59 Å². The number of nitrogens with one attached hydrogen (secondary N) is 1. The van der Waals surface area contributed by atoms with Crippen LogP contribution in [0.4, 0.5) is 0 Å². The number of carboxylic acid groups (broad SMARTS) is 1. The molecule has 0 aromatic heterocycles. The highest BCUT2D eigenvalue weighted by Gasteiger charge is 2.01. The molecule has 110 valence electrons. The van der Waals surface area contributed by atoms with Crippen molar-refractivity contribution >= 4 is 11.9 Å². The second-order valence-corrected chi connectivity index (χ2v) is 4.92. The Morgan fingerprint density at radius 1 is 0.900 bits per heavy atom. The number of hydrogen-bond acceptors (Lipinski definition) is 2. The Kier molecular flexibility index (Phi) is 8.11. The van der Waals surface area contributed by atoms with Gasteiger partial charge in [-0.2, -0.15) is 0 Å². The summed E-state index contributed by atoms with van der Waals surface area (Å²) in [5.74, 6) is -0.648. The maximum Gasteiger partial charge on any atom is 0.303 e. The Labute approximate surface area is 120 Å². The number of aliphatic carboxylic acids is 1. The molecule has 1 aromatic carbocycles. The molecule has 4 heteroatoms. The second kappa shape index (κ2) is 10.0. The zero-order valence-electron chi connectivity index (χ0n) is 11.8. The number of hydrogen-bond donors (Lipinski definition) is 2. The van der Waals surface area contributed by atoms with Crippen LogP contribution >= 0.6 is 0 Å². The molecule has 0 aliphatic carbocycles. The van der Waals surface area contributed by atoms with Crippen LogP contribution in [0.15, 0.2) is 30.3 Å². The molecule has 0 saturated heterocycles. The Hall–Kier alpha value is -1.84. The molecule has 0 bridgehead atoms. The van der Waals surface area contributed by atoms with E-state index in [1.54, 1.807) is 0 Å². The molecule has 2 N–H and O–H groups in total. The van der Waals surface area contributed by atoms with Crippen LogP contribution in [0.1, 0.15) is 50.5 Å². The van der Waals surface area contributed by atoms with Crippen molar-refractivity contribution in [3.8, 4) is 0 Å². The molecule has 0 fully saturated rings. The standard InChI is InChI=1S/C16H23NO3/c18-15(17-13-14-9-5-4-6-10-14)11-7-2-1-3-8-12-16(19)20/h4-6,9-10H,1-3,7-8,11-13H2,(H,17,18)(H,19,20). The number of rotatable bonds is 10. The van der Waals surface area contributed by atoms with E-state index in [0.717, 1.165) is 37.7 Å². The van der Waals surface area contributed by atoms with Gasteiger partial charge >= 0.3 is 5.97 Å². The number of amides is 1. The van der Waals surface area contributed by atoms with Crippen molar-refractivity contribution in [2.24, 2.45) is 0 Å². The molecule has 0 radical (unpaired) electrons. The molecule has 0 atom stereocenters. The fraction of sp³-hybridized carbons (Fsp3) is 0.500. The smallest absolute Gasteiger partial charge is 0.303 e. The van der Waals surface area contributed by atoms with Gasteiger partial charge in [0.2, 0.25) is 5.91 Å². The predicted molar refractivity (Wildman–Crippen MR) is 78.2 cm³/mol. The lowest BCUT2D eigenvalue weighted by Gasteiger charge is -2.05. The van der Waals surface area contributed by atoms with Crippen LogP contribution in [0, 0.1) is 0 Å². The predicted octanol–water partition coefficient (Wildman–Crippen LogP) is 3.12. The van der Waals surface area contributed by atoms with E-state index >= 15 is 0 Å². The molecule has 1 aromatic rings. The normalized spacial score (nSPS) is 10.2. The lowest BCUT2D eigenvalue weighted by Crippen LogP contribution is -2.22. The third-order valence-corrected chi connectivity index (χ3v) is 3.13. The van der Waals surface area contributed by atoms with Gasteiger partial charge in [0.25, 0.3) is 0 Å². The molecular weight excluding hydrogens is 254 g/mol. The van der Waals surface area contributed by atoms with Gasteiger partial charge in [0.1, 0.15) is 0 Å². The third-order valence-electron chi connectivity index (χ3n) is 3.13. The van der Waals surface area contributed by atoms with Crippen molar-refractivity contribution in [2.75, 3.05) is 0 Å². The molecular formula is C16H23NO3. The SMILES string of the molecule is O=C(O)CCCCCCCC(=O)NCc1ccccc1. The zero-order chi connectivity index (χ0) is 14.6. The summed E-state index contributed by atoms with van der Waals surface area (Å²) >= 11 is 0. The van der Waals surface area contributed by atoms with Crippen LogP contribution in [0.25, 0.3) is 0 Å². The van der Waals surface area contributed by atoms with Gasteiger partial charge in [-0.25, -0.2) is 0 Å². The molecule has 1 rings (SSSR count). The Bertz CT molecular complexity index is 403. The average molecular weight is 277 g/mol. The van der Waals surface area contributed by atoms with E-state index in [9.17, 15) is 9.59 Å². The van der Waals surface area contributed by atoms with Gasteiger partial charge in [-0.15, -0.1) is 0 Å². The van der Waals surface area contributed by atoms with Crippen molar-refractivity contribution in [2.45, 2.75) is 51.5 Å². The summed E-state index contributed by atoms with van der Waals surface area (Å²) in [6.07, 6.45) is 5.31. The number of carboxylic acids is 1. The van der Waals surface area contributed by atoms with Gasteiger partial charge in [0.15, 0.2) is 0 Å². The van der Waals surface area contributed by atoms with Crippen molar-refractivity contribution in [1.29, 1.82) is 0 Å². The van der Waals surface area contributed by atoms with Gasteiger partial charge in [-0.1, -0.05) is 49.6 Å². The van der Waals surface area contributed by atoms with E-state index in [-0.39, 0.29) is 12.3 Å². The molecule has 0 spiro atoms. The number of carbonyl (C=O) groups excluding carboxylic acids is 1. The minimum absolute atomic E-state index is 0.0828. The van der Waals surface area contributed by atoms with E-state index in [1.807, 2.05) is 30.3 Å². The summed E-state index contributed by atoms with van der Waals surface area (Å²) < 4.78 is 0. The first kappa shape index (κ1) is 16.2. The lowest BCUT2D eigenvalue weighted by molar-refractivity contribution is -0.137. The lowest BCUT2D eigenvalue weighted by atomic mass is 10.1. The molecule has 0 aliphatic heterocycles. The van der Waals surface area contributed by atoms with Crippen LogP contribution in [-0.4, -0.2) is 17.0 Å². The first-order valence-electron chi connectivity index (χ1n) is 7.21. The van der Waals surface area contributed by atoms with Gasteiger partial charge < -0.3 is 10.4 Å². The second-order valence-electron chi connectivity index (χ2n) is 4.92. The van der Waals surface area contributed by atoms with E-state index in [0.29, 0.717) is 13.0 Å². The highest BCUT2D eigenvalue weighted by atomic mass is 16.4. The summed E-state index contributed by atoms with van der Waals surface area (Å²) in [7, 11) is 0. The van der Waals surface area contributed by atoms with Crippen molar-refractivity contribution in [3.05, 3.63) is 35.9 Å². The highest BCUT2D eigenvalue weighted by molar-refractivity contribution is 5.75. The average Bonchev–Trinajstić information content (AvgIpc) is 2.45. The molecule has 20 heavy (non-hydrogen) atoms. The molecule has 1 amide bonds. The highest BCUT2D eigenvalue weighted by Crippen LogP contribution is 2.07. The topological polar surface area (TPSA) is 66.4 Å². The maximum atomic E-state index is 11.6. The fourth-order valence-electron chi connectivity index (χ4n) is 1.98. The van der Waals surface area contributed by atoms with Gasteiger partial charge in [0.05, 0.1) is 0 Å². The van der Waals surface area contributed by atoms with Crippen LogP contribution in [0.2, 0.25) is 0 Å². The molecule has 0 aliphatic rings. The largest absolute Gasteiger partial charge is 0.481 e. The van der Waals surface area contributed by atoms with Crippen molar-refractivity contribution in [3.63, 3.8) is 0 Å². The maximum absolute atomic E-state index is 11.6. The van der Waals surface area contributed by atoms with Crippen LogP contribution in [-0.2, 0) is 16.1 Å². The fourth-order valence-corrected chi connectivity index (χ4v) is 1.98. The van der Waals surface area contributed by atoms with Gasteiger partial charge in [-0.05, 0) is 18.4 Å². The molecule has 0 saturated carbocycles. The molecule has 0 heterocycles. The van der Waals surface area contributed by atoms with E-state index < -0.39 is 5.97 Å². The summed E-state index contributed by atoms with van der Waals surface area (Å²) in [4.78, 5) is 21.9. The summed E-state index contributed by atoms with van der Waals surface area (Å²) in [5, 5.41) is 11.4. The van der Waals surface area contributed by atoms with Crippen LogP contribution in [0.3, 0.4) is 0 Å². The molecule has 4 nitrogen and oxygen atoms in total. The Balaban J connectivity index is 1.96. The van der Waals surface area contributed by atoms with Gasteiger partial charge in [0, 0.05) is 19.4 Å². The van der Waals surface area contributed by atoms with Crippen molar-refractivity contribution in [1.82, 2.24) is 5.32 Å². The first-order chi connectivity index (χ1) is 9.68. The van der Waals surface area contributed by atoms with E-state index in [2.05, 4.69) is 5.32 Å². The number of carbonyl (C=O) groups is 2. The third kappa shape index (κ3) is 8.29. The minimum Gasteiger partial charge on any atom is -0.481 e. The summed E-state index contributed by atoms with van der Waals surface area (Å²) in [6.45, 7) is 0.582. The van der Waals surface area contributed by atoms with Crippen molar-refractivity contribution < 1.29 is 14.7 Å². The number of benzene rings is 1. The monoisotopic (exact) mass is 277 g/mol.